The van der Waals surface area contributed by atoms with E-state index in [-0.39, 0.29) is 17.5 Å². The number of rotatable bonds is 7. The monoisotopic (exact) mass is 393 g/mol. The summed E-state index contributed by atoms with van der Waals surface area (Å²) in [4.78, 5) is 15.6. The Balaban J connectivity index is 1.35. The predicted octanol–water partition coefficient (Wildman–Crippen LogP) is 0.479. The number of benzene rings is 2. The van der Waals surface area contributed by atoms with Gasteiger partial charge in [0.2, 0.25) is 0 Å². The minimum atomic E-state index is -0.356. The van der Waals surface area contributed by atoms with Gasteiger partial charge < -0.3 is 15.1 Å². The molecule has 7 heteroatoms. The third kappa shape index (κ3) is 6.30. The average Bonchev–Trinajstić information content (AvgIpc) is 2.65. The van der Waals surface area contributed by atoms with Gasteiger partial charge in [-0.3, -0.25) is 4.79 Å². The van der Waals surface area contributed by atoms with E-state index in [9.17, 15) is 13.6 Å². The van der Waals surface area contributed by atoms with Crippen molar-refractivity contribution in [1.29, 1.82) is 0 Å². The number of amides is 1. The molecule has 0 aromatic heterocycles. The number of carbonyl (C=O) groups is 1. The fourth-order valence-corrected chi connectivity index (χ4v) is 4.24. The Labute approximate surface area is 162 Å². The number of quaternary nitrogens is 2. The van der Waals surface area contributed by atoms with Crippen LogP contribution in [0.2, 0.25) is 0 Å². The van der Waals surface area contributed by atoms with Crippen molar-refractivity contribution in [3.63, 3.8) is 0 Å². The second kappa shape index (κ2) is 9.82. The zero-order chi connectivity index (χ0) is 19.1. The maximum Gasteiger partial charge on any atom is 0.279 e. The molecular weight excluding hydrogens is 368 g/mol. The van der Waals surface area contributed by atoms with Gasteiger partial charge in [-0.25, -0.2) is 8.78 Å². The molecule has 0 aliphatic carbocycles. The highest BCUT2D eigenvalue weighted by molar-refractivity contribution is 7.99. The van der Waals surface area contributed by atoms with Crippen LogP contribution < -0.4 is 15.1 Å². The Bertz CT molecular complexity index is 766. The lowest BCUT2D eigenvalue weighted by molar-refractivity contribution is -1.01. The summed E-state index contributed by atoms with van der Waals surface area (Å²) < 4.78 is 26.8. The number of piperazine rings is 1. The first-order chi connectivity index (χ1) is 13.1. The Morgan fingerprint density at radius 3 is 2.48 bits per heavy atom. The van der Waals surface area contributed by atoms with E-state index in [1.807, 2.05) is 12.1 Å². The van der Waals surface area contributed by atoms with Gasteiger partial charge in [-0.1, -0.05) is 18.2 Å². The Morgan fingerprint density at radius 1 is 1.00 bits per heavy atom. The van der Waals surface area contributed by atoms with Gasteiger partial charge in [0, 0.05) is 16.3 Å². The van der Waals surface area contributed by atoms with Crippen LogP contribution in [0.4, 0.5) is 14.5 Å². The third-order valence-corrected chi connectivity index (χ3v) is 5.78. The second-order valence-corrected chi connectivity index (χ2v) is 7.90. The summed E-state index contributed by atoms with van der Waals surface area (Å²) in [6, 6.07) is 12.8. The van der Waals surface area contributed by atoms with Gasteiger partial charge in [0.05, 0.1) is 6.54 Å². The third-order valence-electron chi connectivity index (χ3n) is 4.73. The first-order valence-corrected chi connectivity index (χ1v) is 10.2. The van der Waals surface area contributed by atoms with Gasteiger partial charge in [0.25, 0.3) is 5.91 Å². The first-order valence-electron chi connectivity index (χ1n) is 9.20. The summed E-state index contributed by atoms with van der Waals surface area (Å²) in [6.07, 6.45) is 0. The van der Waals surface area contributed by atoms with E-state index in [1.54, 1.807) is 30.0 Å². The maximum absolute atomic E-state index is 13.6. The highest BCUT2D eigenvalue weighted by atomic mass is 32.2. The summed E-state index contributed by atoms with van der Waals surface area (Å²) in [5.41, 5.74) is 0.494. The molecule has 2 aromatic carbocycles. The van der Waals surface area contributed by atoms with E-state index < -0.39 is 0 Å². The van der Waals surface area contributed by atoms with Crippen molar-refractivity contribution in [3.8, 4) is 0 Å². The van der Waals surface area contributed by atoms with Crippen molar-refractivity contribution in [2.75, 3.05) is 50.3 Å². The van der Waals surface area contributed by atoms with Crippen LogP contribution in [-0.4, -0.2) is 50.9 Å². The lowest BCUT2D eigenvalue weighted by Gasteiger charge is -2.29. The van der Waals surface area contributed by atoms with E-state index in [4.69, 9.17) is 0 Å². The van der Waals surface area contributed by atoms with Crippen LogP contribution in [0, 0.1) is 11.6 Å². The van der Waals surface area contributed by atoms with Crippen molar-refractivity contribution in [2.24, 2.45) is 0 Å². The fourth-order valence-electron chi connectivity index (χ4n) is 3.25. The molecular formula is C20H25F2N3OS+2. The Kier molecular flexibility index (Phi) is 7.20. The molecule has 0 bridgehead atoms. The molecule has 0 radical (unpaired) electrons. The zero-order valence-corrected chi connectivity index (χ0v) is 16.0. The maximum atomic E-state index is 13.6. The van der Waals surface area contributed by atoms with E-state index in [2.05, 4.69) is 5.32 Å². The van der Waals surface area contributed by atoms with Crippen LogP contribution in [0.1, 0.15) is 0 Å². The lowest BCUT2D eigenvalue weighted by atomic mass is 10.3. The van der Waals surface area contributed by atoms with E-state index in [1.165, 1.54) is 28.0 Å². The largest absolute Gasteiger partial charge is 0.325 e. The van der Waals surface area contributed by atoms with Gasteiger partial charge in [0.15, 0.2) is 6.54 Å². The molecule has 144 valence electrons. The lowest BCUT2D eigenvalue weighted by Crippen LogP contribution is -3.28. The summed E-state index contributed by atoms with van der Waals surface area (Å²) in [6.45, 7) is 5.24. The molecule has 4 nitrogen and oxygen atoms in total. The topological polar surface area (TPSA) is 38.0 Å². The summed E-state index contributed by atoms with van der Waals surface area (Å²) in [5.74, 6) is 0.280. The number of halogens is 2. The second-order valence-electron chi connectivity index (χ2n) is 6.76. The van der Waals surface area contributed by atoms with Crippen LogP contribution in [-0.2, 0) is 4.79 Å². The van der Waals surface area contributed by atoms with E-state index in [0.717, 1.165) is 38.5 Å². The number of thioether (sulfide) groups is 1. The van der Waals surface area contributed by atoms with E-state index >= 15 is 0 Å². The van der Waals surface area contributed by atoms with E-state index in [0.29, 0.717) is 17.1 Å². The van der Waals surface area contributed by atoms with Crippen molar-refractivity contribution in [3.05, 3.63) is 60.2 Å². The molecule has 1 fully saturated rings. The van der Waals surface area contributed by atoms with Gasteiger partial charge in [-0.15, -0.1) is 11.8 Å². The van der Waals surface area contributed by atoms with Crippen molar-refractivity contribution in [2.45, 2.75) is 4.90 Å². The number of carbonyl (C=O) groups excluding carboxylic acids is 1. The molecule has 0 unspecified atom stereocenters. The molecule has 0 saturated carbocycles. The highest BCUT2D eigenvalue weighted by Crippen LogP contribution is 2.20. The zero-order valence-electron chi connectivity index (χ0n) is 15.1. The van der Waals surface area contributed by atoms with Gasteiger partial charge in [-0.2, -0.15) is 0 Å². The predicted molar refractivity (Wildman–Crippen MR) is 103 cm³/mol. The first kappa shape index (κ1) is 19.8. The SMILES string of the molecule is O=C(C[NH+]1CC[NH+](CCSc2ccccc2F)CC1)Nc1cccc(F)c1. The minimum Gasteiger partial charge on any atom is -0.325 e. The molecule has 27 heavy (non-hydrogen) atoms. The molecule has 1 heterocycles. The molecule has 2 aromatic rings. The normalized spacial score (nSPS) is 19.6. The van der Waals surface area contributed by atoms with Crippen molar-refractivity contribution < 1.29 is 23.4 Å². The van der Waals surface area contributed by atoms with Crippen LogP contribution in [0.25, 0.3) is 0 Å². The number of hydrogen-bond donors (Lipinski definition) is 3. The molecule has 1 aliphatic rings. The standard InChI is InChI=1S/C20H23F2N3OS/c21-16-4-3-5-17(14-16)23-20(26)15-25-10-8-24(9-11-25)12-13-27-19-7-2-1-6-18(19)22/h1-7,14H,8-13,15H2,(H,23,26)/p+2. The molecule has 0 spiro atoms. The van der Waals surface area contributed by atoms with Crippen LogP contribution >= 0.6 is 11.8 Å². The number of hydrogen-bond acceptors (Lipinski definition) is 2. The fraction of sp³-hybridized carbons (Fsp3) is 0.350. The number of nitrogens with one attached hydrogen (secondary N) is 3. The molecule has 3 N–H and O–H groups in total. The van der Waals surface area contributed by atoms with Crippen LogP contribution in [0.5, 0.6) is 0 Å². The van der Waals surface area contributed by atoms with Crippen LogP contribution in [0.15, 0.2) is 53.4 Å². The summed E-state index contributed by atoms with van der Waals surface area (Å²) >= 11 is 1.56. The average molecular weight is 394 g/mol. The quantitative estimate of drug-likeness (QED) is 0.599. The molecule has 1 aliphatic heterocycles. The van der Waals surface area contributed by atoms with Gasteiger partial charge in [0.1, 0.15) is 37.8 Å². The highest BCUT2D eigenvalue weighted by Gasteiger charge is 2.24. The number of anilines is 1. The van der Waals surface area contributed by atoms with Crippen molar-refractivity contribution >= 4 is 23.4 Å². The molecule has 1 saturated heterocycles. The molecule has 3 rings (SSSR count). The van der Waals surface area contributed by atoms with Gasteiger partial charge >= 0.3 is 0 Å². The summed E-state index contributed by atoms with van der Waals surface area (Å²) in [5, 5.41) is 2.75. The Morgan fingerprint density at radius 2 is 1.74 bits per heavy atom. The minimum absolute atomic E-state index is 0.0887. The Hall–Kier alpha value is -1.96. The smallest absolute Gasteiger partial charge is 0.279 e. The molecule has 1 amide bonds. The van der Waals surface area contributed by atoms with Gasteiger partial charge in [-0.05, 0) is 30.3 Å². The summed E-state index contributed by atoms with van der Waals surface area (Å²) in [7, 11) is 0. The van der Waals surface area contributed by atoms with Crippen molar-refractivity contribution in [1.82, 2.24) is 0 Å². The molecule has 0 atom stereocenters. The van der Waals surface area contributed by atoms with Crippen LogP contribution in [0.3, 0.4) is 0 Å².